The monoisotopic (exact) mass is 462 g/mol. The van der Waals surface area contributed by atoms with Crippen molar-refractivity contribution in [1.29, 1.82) is 0 Å². The Morgan fingerprint density at radius 1 is 1.09 bits per heavy atom. The third-order valence-corrected chi connectivity index (χ3v) is 4.57. The molecule has 0 saturated carbocycles. The van der Waals surface area contributed by atoms with Crippen LogP contribution in [0.2, 0.25) is 5.02 Å². The van der Waals surface area contributed by atoms with E-state index >= 15 is 4.39 Å². The van der Waals surface area contributed by atoms with E-state index in [2.05, 4.69) is 25.3 Å². The molecule has 32 heavy (non-hydrogen) atoms. The minimum atomic E-state index is -1.24. The van der Waals surface area contributed by atoms with Crippen molar-refractivity contribution in [3.05, 3.63) is 70.8 Å². The second-order valence-corrected chi connectivity index (χ2v) is 6.52. The van der Waals surface area contributed by atoms with E-state index in [0.717, 1.165) is 11.9 Å². The summed E-state index contributed by atoms with van der Waals surface area (Å²) in [5.74, 6) is -2.36. The standard InChI is InChI=1S/C21H17ClF2N4O4/c1-12-6-5-9-15(16(12)22)32-21-17(24)20(26-11-27-21)31-14-8-4-3-7-13(14)18(19(29)25-2)28-30-10-23/h3-9,11H,10H2,1-2H3,(H,25,29)/b28-18-. The molecule has 1 aromatic heterocycles. The number of carbonyl (C=O) groups excluding carboxylic acids is 1. The third-order valence-electron chi connectivity index (χ3n) is 4.08. The van der Waals surface area contributed by atoms with E-state index in [0.29, 0.717) is 5.02 Å². The van der Waals surface area contributed by atoms with Crippen molar-refractivity contribution in [3.63, 3.8) is 0 Å². The third kappa shape index (κ3) is 5.09. The van der Waals surface area contributed by atoms with Gasteiger partial charge in [-0.2, -0.15) is 14.4 Å². The first-order valence-corrected chi connectivity index (χ1v) is 9.52. The maximum absolute atomic E-state index is 15.0. The molecule has 166 valence electrons. The molecule has 0 aliphatic carbocycles. The highest BCUT2D eigenvalue weighted by atomic mass is 35.5. The number of rotatable bonds is 8. The van der Waals surface area contributed by atoms with Gasteiger partial charge in [0.05, 0.1) is 10.6 Å². The highest BCUT2D eigenvalue weighted by molar-refractivity contribution is 6.45. The number of ether oxygens (including phenoxy) is 2. The molecule has 0 aliphatic heterocycles. The second kappa shape index (κ2) is 10.5. The topological polar surface area (TPSA) is 94.9 Å². The molecule has 0 spiro atoms. The number of carbonyl (C=O) groups is 1. The molecule has 0 atom stereocenters. The van der Waals surface area contributed by atoms with Gasteiger partial charge in [-0.05, 0) is 30.7 Å². The van der Waals surface area contributed by atoms with Gasteiger partial charge >= 0.3 is 0 Å². The minimum absolute atomic E-state index is 0.00875. The molecule has 3 aromatic rings. The van der Waals surface area contributed by atoms with E-state index in [4.69, 9.17) is 21.1 Å². The maximum atomic E-state index is 15.0. The zero-order valence-electron chi connectivity index (χ0n) is 16.9. The summed E-state index contributed by atoms with van der Waals surface area (Å²) in [6.07, 6.45) is 1.04. The molecule has 1 heterocycles. The van der Waals surface area contributed by atoms with Crippen molar-refractivity contribution >= 4 is 23.2 Å². The Bertz CT molecular complexity index is 1160. The summed E-state index contributed by atoms with van der Waals surface area (Å²) in [5.41, 5.74) is 0.571. The van der Waals surface area contributed by atoms with Crippen LogP contribution < -0.4 is 14.8 Å². The van der Waals surface area contributed by atoms with E-state index in [-0.39, 0.29) is 22.8 Å². The lowest BCUT2D eigenvalue weighted by molar-refractivity contribution is -0.114. The highest BCUT2D eigenvalue weighted by Gasteiger charge is 2.22. The summed E-state index contributed by atoms with van der Waals surface area (Å²) >= 11 is 6.19. The van der Waals surface area contributed by atoms with Gasteiger partial charge in [0.1, 0.15) is 17.8 Å². The Labute approximate surface area is 186 Å². The largest absolute Gasteiger partial charge is 0.436 e. The summed E-state index contributed by atoms with van der Waals surface area (Å²) in [7, 11) is 1.36. The predicted octanol–water partition coefficient (Wildman–Crippen LogP) is 4.56. The molecule has 0 saturated heterocycles. The molecule has 0 aliphatic rings. The van der Waals surface area contributed by atoms with Gasteiger partial charge in [0.15, 0.2) is 5.71 Å². The van der Waals surface area contributed by atoms with Crippen LogP contribution >= 0.6 is 11.6 Å². The fourth-order valence-electron chi connectivity index (χ4n) is 2.56. The molecule has 0 bridgehead atoms. The van der Waals surface area contributed by atoms with Crippen LogP contribution in [0.15, 0.2) is 53.9 Å². The Morgan fingerprint density at radius 3 is 2.44 bits per heavy atom. The van der Waals surface area contributed by atoms with Crippen LogP contribution in [-0.2, 0) is 9.63 Å². The Hall–Kier alpha value is -3.79. The molecule has 0 radical (unpaired) electrons. The van der Waals surface area contributed by atoms with Crippen LogP contribution in [0.3, 0.4) is 0 Å². The Balaban J connectivity index is 1.96. The van der Waals surface area contributed by atoms with Crippen LogP contribution in [0.5, 0.6) is 23.3 Å². The fraction of sp³-hybridized carbons (Fsp3) is 0.143. The van der Waals surface area contributed by atoms with Crippen molar-refractivity contribution in [2.24, 2.45) is 5.16 Å². The molecule has 1 N–H and O–H groups in total. The van der Waals surface area contributed by atoms with Crippen LogP contribution in [0, 0.1) is 12.7 Å². The van der Waals surface area contributed by atoms with Crippen molar-refractivity contribution in [3.8, 4) is 23.3 Å². The Kier molecular flexibility index (Phi) is 7.50. The average Bonchev–Trinajstić information content (AvgIpc) is 2.80. The van der Waals surface area contributed by atoms with Crippen LogP contribution in [0.4, 0.5) is 8.78 Å². The number of hydrogen-bond donors (Lipinski definition) is 1. The average molecular weight is 463 g/mol. The number of benzene rings is 2. The number of aryl methyl sites for hydroxylation is 1. The molecule has 0 unspecified atom stereocenters. The van der Waals surface area contributed by atoms with Gasteiger partial charge in [-0.25, -0.2) is 4.39 Å². The van der Waals surface area contributed by atoms with Gasteiger partial charge in [0.25, 0.3) is 24.5 Å². The quantitative estimate of drug-likeness (QED) is 0.389. The zero-order chi connectivity index (χ0) is 23.1. The van der Waals surface area contributed by atoms with Gasteiger partial charge in [-0.3, -0.25) is 4.79 Å². The number of halogens is 3. The normalized spacial score (nSPS) is 11.1. The molecule has 8 nitrogen and oxygen atoms in total. The highest BCUT2D eigenvalue weighted by Crippen LogP contribution is 2.34. The summed E-state index contributed by atoms with van der Waals surface area (Å²) in [6.45, 7) is 0.529. The molecule has 3 rings (SSSR count). The predicted molar refractivity (Wildman–Crippen MR) is 112 cm³/mol. The first-order chi connectivity index (χ1) is 15.5. The molecule has 11 heteroatoms. The van der Waals surface area contributed by atoms with Crippen molar-refractivity contribution in [2.45, 2.75) is 6.92 Å². The number of amides is 1. The van der Waals surface area contributed by atoms with E-state index < -0.39 is 30.3 Å². The van der Waals surface area contributed by atoms with Gasteiger partial charge in [-0.1, -0.05) is 41.0 Å². The van der Waals surface area contributed by atoms with E-state index in [1.807, 2.05) is 0 Å². The molecule has 1 amide bonds. The van der Waals surface area contributed by atoms with Gasteiger partial charge in [-0.15, -0.1) is 0 Å². The maximum Gasteiger partial charge on any atom is 0.273 e. The number of likely N-dealkylation sites (N-methyl/N-ethyl adjacent to an activating group) is 1. The van der Waals surface area contributed by atoms with Gasteiger partial charge in [0, 0.05) is 7.05 Å². The number of alkyl halides is 1. The molecular formula is C21H17ClF2N4O4. The lowest BCUT2D eigenvalue weighted by Crippen LogP contribution is -2.29. The second-order valence-electron chi connectivity index (χ2n) is 6.14. The van der Waals surface area contributed by atoms with Gasteiger partial charge in [0.2, 0.25) is 5.82 Å². The molecular weight excluding hydrogens is 446 g/mol. The number of nitrogens with one attached hydrogen (secondary N) is 1. The lowest BCUT2D eigenvalue weighted by Gasteiger charge is -2.13. The van der Waals surface area contributed by atoms with Gasteiger partial charge < -0.3 is 19.6 Å². The summed E-state index contributed by atoms with van der Waals surface area (Å²) < 4.78 is 38.5. The molecule has 0 fully saturated rings. The fourth-order valence-corrected chi connectivity index (χ4v) is 2.72. The number of oxime groups is 1. The number of para-hydroxylation sites is 1. The summed E-state index contributed by atoms with van der Waals surface area (Å²) in [6, 6.07) is 11.1. The molecule has 2 aromatic carbocycles. The van der Waals surface area contributed by atoms with E-state index in [1.165, 1.54) is 19.2 Å². The summed E-state index contributed by atoms with van der Waals surface area (Å²) in [4.78, 5) is 24.1. The first kappa shape index (κ1) is 22.9. The summed E-state index contributed by atoms with van der Waals surface area (Å²) in [5, 5.41) is 6.15. The number of nitrogens with zero attached hydrogens (tertiary/aromatic N) is 3. The van der Waals surface area contributed by atoms with Crippen LogP contribution in [-0.4, -0.2) is 35.5 Å². The smallest absolute Gasteiger partial charge is 0.273 e. The number of aromatic nitrogens is 2. The first-order valence-electron chi connectivity index (χ1n) is 9.15. The Morgan fingerprint density at radius 2 is 1.75 bits per heavy atom. The van der Waals surface area contributed by atoms with Crippen molar-refractivity contribution in [1.82, 2.24) is 15.3 Å². The SMILES string of the molecule is CNC(=O)/C(=N\OCF)c1ccccc1Oc1ncnc(Oc2cccc(C)c2Cl)c1F. The number of hydrogen-bond acceptors (Lipinski definition) is 7. The zero-order valence-corrected chi connectivity index (χ0v) is 17.7. The minimum Gasteiger partial charge on any atom is -0.436 e. The van der Waals surface area contributed by atoms with Crippen LogP contribution in [0.25, 0.3) is 0 Å². The van der Waals surface area contributed by atoms with Crippen LogP contribution in [0.1, 0.15) is 11.1 Å². The van der Waals surface area contributed by atoms with E-state index in [9.17, 15) is 9.18 Å². The van der Waals surface area contributed by atoms with Crippen molar-refractivity contribution in [2.75, 3.05) is 13.9 Å². The van der Waals surface area contributed by atoms with E-state index in [1.54, 1.807) is 37.3 Å². The van der Waals surface area contributed by atoms with Crippen molar-refractivity contribution < 1.29 is 27.9 Å². The lowest BCUT2D eigenvalue weighted by atomic mass is 10.1.